The second-order valence-electron chi connectivity index (χ2n) is 9.73. The number of nitrogens with zero attached hydrogens (tertiary/aromatic N) is 5. The summed E-state index contributed by atoms with van der Waals surface area (Å²) < 4.78 is 29.4. The fraction of sp³-hybridized carbons (Fsp3) is 0.583. The van der Waals surface area contributed by atoms with Gasteiger partial charge in [0.25, 0.3) is 0 Å². The van der Waals surface area contributed by atoms with Crippen molar-refractivity contribution in [1.29, 1.82) is 0 Å². The molecule has 1 saturated heterocycles. The molecule has 10 nitrogen and oxygen atoms in total. The Balaban J connectivity index is 1.43. The van der Waals surface area contributed by atoms with Crippen LogP contribution in [0.1, 0.15) is 54.9 Å². The summed E-state index contributed by atoms with van der Waals surface area (Å²) in [7, 11) is -3.00. The maximum atomic E-state index is 13.6. The van der Waals surface area contributed by atoms with Crippen molar-refractivity contribution in [2.75, 3.05) is 29.3 Å². The van der Waals surface area contributed by atoms with Gasteiger partial charge in [-0.15, -0.1) is 0 Å². The predicted octanol–water partition coefficient (Wildman–Crippen LogP) is 2.96. The smallest absolute Gasteiger partial charge is 0.326 e. The van der Waals surface area contributed by atoms with E-state index in [4.69, 9.17) is 0 Å². The molecule has 5 rings (SSSR count). The second kappa shape index (κ2) is 9.44. The van der Waals surface area contributed by atoms with Crippen LogP contribution >= 0.6 is 0 Å². The van der Waals surface area contributed by atoms with Gasteiger partial charge in [0.1, 0.15) is 0 Å². The van der Waals surface area contributed by atoms with Crippen LogP contribution in [0, 0.1) is 5.21 Å². The monoisotopic (exact) mass is 501 g/mol. The number of aromatic nitrogens is 2. The fourth-order valence-corrected chi connectivity index (χ4v) is 7.19. The quantitative estimate of drug-likeness (QED) is 0.609. The molecular weight excluding hydrogens is 468 g/mol. The lowest BCUT2D eigenvalue weighted by Gasteiger charge is -2.41. The number of carbonyl (C=O) groups excluding carboxylic acids is 1. The Morgan fingerprint density at radius 3 is 2.31 bits per heavy atom. The zero-order valence-corrected chi connectivity index (χ0v) is 21.2. The van der Waals surface area contributed by atoms with Crippen molar-refractivity contribution in [1.82, 2.24) is 19.1 Å². The minimum atomic E-state index is -4.68. The minimum absolute atomic E-state index is 0.289. The molecule has 2 aliphatic carbocycles. The molecule has 1 aromatic carbocycles. The molecule has 0 bridgehead atoms. The van der Waals surface area contributed by atoms with E-state index < -0.39 is 22.3 Å². The molecule has 2 amide bonds. The van der Waals surface area contributed by atoms with Gasteiger partial charge in [0, 0.05) is 38.1 Å². The Morgan fingerprint density at radius 1 is 1.14 bits per heavy atom. The molecule has 0 atom stereocenters. The number of hydroxylamine groups is 1. The zero-order chi connectivity index (χ0) is 24.7. The van der Waals surface area contributed by atoms with Gasteiger partial charge in [0.15, 0.2) is 0 Å². The first-order valence-corrected chi connectivity index (χ1v) is 13.9. The Labute approximate surface area is 206 Å². The number of urea groups is 1. The standard InChI is InChI=1S/C24H33N6O4S/c1-3-28-12-10-19(11-13-28)29(20-15-25-27(2)16-20)35(33,34)30(32)24(31)26-23-21-8-4-6-17(21)14-18-7-5-9-22(18)23/h14-16,19H,3-13H2,1-2H3,(H,26,31)/q-1. The van der Waals surface area contributed by atoms with Gasteiger partial charge in [-0.05, 0) is 80.2 Å². The van der Waals surface area contributed by atoms with Crippen molar-refractivity contribution in [2.24, 2.45) is 7.05 Å². The lowest BCUT2D eigenvalue weighted by atomic mass is 9.99. The number of fused-ring (bicyclic) bond motifs is 2. The molecule has 2 heterocycles. The van der Waals surface area contributed by atoms with Crippen LogP contribution in [-0.2, 0) is 42.9 Å². The van der Waals surface area contributed by atoms with Crippen molar-refractivity contribution in [2.45, 2.75) is 64.3 Å². The van der Waals surface area contributed by atoms with E-state index in [2.05, 4.69) is 28.3 Å². The third kappa shape index (κ3) is 4.41. The number of rotatable bonds is 6. The average Bonchev–Trinajstić information content (AvgIpc) is 3.60. The number of nitrogens with one attached hydrogen (secondary N) is 1. The molecule has 3 aliphatic rings. The maximum Gasteiger partial charge on any atom is 0.326 e. The summed E-state index contributed by atoms with van der Waals surface area (Å²) in [5.41, 5.74) is 5.42. The molecule has 11 heteroatoms. The predicted molar refractivity (Wildman–Crippen MR) is 134 cm³/mol. The van der Waals surface area contributed by atoms with Gasteiger partial charge >= 0.3 is 16.2 Å². The molecule has 1 aliphatic heterocycles. The van der Waals surface area contributed by atoms with Gasteiger partial charge < -0.3 is 15.4 Å². The Bertz CT molecular complexity index is 1190. The SMILES string of the molecule is CCN1CCC(N(c2cnn(C)c2)S(=O)(=O)N([O-])C(=O)Nc2c3c(cc4c2CCC4)CCC3)CC1. The number of benzene rings is 1. The molecule has 0 spiro atoms. The zero-order valence-electron chi connectivity index (χ0n) is 20.4. The number of hydrogen-bond donors (Lipinski definition) is 1. The highest BCUT2D eigenvalue weighted by Gasteiger charge is 2.37. The summed E-state index contributed by atoms with van der Waals surface area (Å²) in [4.78, 5) is 15.4. The number of piperidine rings is 1. The first kappa shape index (κ1) is 24.1. The number of anilines is 2. The molecule has 2 aromatic rings. The van der Waals surface area contributed by atoms with E-state index in [0.29, 0.717) is 18.5 Å². The number of carbonyl (C=O) groups is 1. The van der Waals surface area contributed by atoms with Gasteiger partial charge in [-0.3, -0.25) is 9.15 Å². The van der Waals surface area contributed by atoms with E-state index >= 15 is 0 Å². The largest absolute Gasteiger partial charge is 0.740 e. The number of likely N-dealkylation sites (tertiary alicyclic amines) is 1. The first-order valence-electron chi connectivity index (χ1n) is 12.5. The lowest BCUT2D eigenvalue weighted by molar-refractivity contribution is 0.223. The van der Waals surface area contributed by atoms with Crippen molar-refractivity contribution < 1.29 is 13.2 Å². The summed E-state index contributed by atoms with van der Waals surface area (Å²) in [6.07, 6.45) is 9.63. The highest BCUT2D eigenvalue weighted by molar-refractivity contribution is 7.91. The van der Waals surface area contributed by atoms with Gasteiger partial charge in [0.2, 0.25) is 0 Å². The molecule has 35 heavy (non-hydrogen) atoms. The van der Waals surface area contributed by atoms with E-state index in [1.165, 1.54) is 22.0 Å². The van der Waals surface area contributed by atoms with Crippen molar-refractivity contribution in [3.05, 3.63) is 45.9 Å². The molecule has 190 valence electrons. The Kier molecular flexibility index (Phi) is 6.49. The average molecular weight is 502 g/mol. The van der Waals surface area contributed by atoms with Gasteiger partial charge in [0.05, 0.1) is 11.9 Å². The molecule has 0 radical (unpaired) electrons. The van der Waals surface area contributed by atoms with Crippen LogP contribution in [0.15, 0.2) is 18.5 Å². The maximum absolute atomic E-state index is 13.6. The first-order chi connectivity index (χ1) is 16.8. The lowest BCUT2D eigenvalue weighted by Crippen LogP contribution is -2.53. The Hall–Kier alpha value is -2.63. The van der Waals surface area contributed by atoms with Crippen molar-refractivity contribution in [3.8, 4) is 0 Å². The highest BCUT2D eigenvalue weighted by Crippen LogP contribution is 2.39. The summed E-state index contributed by atoms with van der Waals surface area (Å²) in [6.45, 7) is 4.40. The van der Waals surface area contributed by atoms with E-state index in [0.717, 1.165) is 73.6 Å². The van der Waals surface area contributed by atoms with Gasteiger partial charge in [-0.1, -0.05) is 13.0 Å². The third-order valence-corrected chi connectivity index (χ3v) is 9.20. The third-order valence-electron chi connectivity index (χ3n) is 7.61. The molecule has 1 aromatic heterocycles. The van der Waals surface area contributed by atoms with Crippen LogP contribution in [-0.4, -0.2) is 59.3 Å². The van der Waals surface area contributed by atoms with Crippen molar-refractivity contribution >= 4 is 27.6 Å². The van der Waals surface area contributed by atoms with E-state index in [9.17, 15) is 18.4 Å². The topological polar surface area (TPSA) is 114 Å². The van der Waals surface area contributed by atoms with E-state index in [1.807, 2.05) is 0 Å². The van der Waals surface area contributed by atoms with Crippen LogP contribution < -0.4 is 9.62 Å². The number of aryl methyl sites for hydroxylation is 3. The number of hydrogen-bond acceptors (Lipinski definition) is 6. The Morgan fingerprint density at radius 2 is 1.77 bits per heavy atom. The van der Waals surface area contributed by atoms with Crippen molar-refractivity contribution in [3.63, 3.8) is 0 Å². The number of amides is 2. The summed E-state index contributed by atoms with van der Waals surface area (Å²) in [5, 5.41) is 20.0. The van der Waals surface area contributed by atoms with Crippen LogP contribution in [0.4, 0.5) is 16.2 Å². The second-order valence-corrected chi connectivity index (χ2v) is 11.4. The van der Waals surface area contributed by atoms with Crippen LogP contribution in [0.3, 0.4) is 0 Å². The fourth-order valence-electron chi connectivity index (χ4n) is 5.83. The molecule has 1 fully saturated rings. The normalized spacial score (nSPS) is 18.4. The summed E-state index contributed by atoms with van der Waals surface area (Å²) in [6, 6.07) is 0.625. The van der Waals surface area contributed by atoms with Gasteiger partial charge in [-0.2, -0.15) is 13.5 Å². The molecule has 0 unspecified atom stereocenters. The summed E-state index contributed by atoms with van der Waals surface area (Å²) in [5.74, 6) is 0. The van der Waals surface area contributed by atoms with Crippen LogP contribution in [0.5, 0.6) is 0 Å². The van der Waals surface area contributed by atoms with Gasteiger partial charge in [-0.25, -0.2) is 9.10 Å². The summed E-state index contributed by atoms with van der Waals surface area (Å²) >= 11 is 0. The minimum Gasteiger partial charge on any atom is -0.740 e. The van der Waals surface area contributed by atoms with E-state index in [1.54, 1.807) is 13.2 Å². The van der Waals surface area contributed by atoms with Crippen LogP contribution in [0.2, 0.25) is 0 Å². The highest BCUT2D eigenvalue weighted by atomic mass is 32.2. The van der Waals surface area contributed by atoms with Crippen LogP contribution in [0.25, 0.3) is 0 Å². The molecule has 0 saturated carbocycles. The molecule has 1 N–H and O–H groups in total. The molecular formula is C24H33N6O4S-. The van der Waals surface area contributed by atoms with E-state index in [-0.39, 0.29) is 10.2 Å².